The van der Waals surface area contributed by atoms with Crippen molar-refractivity contribution in [2.24, 2.45) is 22.8 Å². The van der Waals surface area contributed by atoms with Crippen molar-refractivity contribution in [1.82, 2.24) is 4.90 Å². The van der Waals surface area contributed by atoms with Gasteiger partial charge in [0.2, 0.25) is 11.8 Å². The quantitative estimate of drug-likeness (QED) is 0.704. The van der Waals surface area contributed by atoms with Crippen molar-refractivity contribution in [3.63, 3.8) is 0 Å². The fraction of sp³-hybridized carbons (Fsp3) is 0.846. The van der Waals surface area contributed by atoms with E-state index >= 15 is 0 Å². The lowest BCUT2D eigenvalue weighted by Crippen LogP contribution is -2.36. The van der Waals surface area contributed by atoms with Gasteiger partial charge in [-0.3, -0.25) is 9.59 Å². The Bertz CT molecular complexity index is 284. The molecule has 0 saturated heterocycles. The lowest BCUT2D eigenvalue weighted by molar-refractivity contribution is -0.134. The van der Waals surface area contributed by atoms with Crippen molar-refractivity contribution in [3.05, 3.63) is 0 Å². The molecule has 5 heteroatoms. The SMILES string of the molecule is CN(CC(N)=O)C(=O)CCC(CCN)C(C)(C)C. The Morgan fingerprint density at radius 1 is 1.22 bits per heavy atom. The molecule has 1 atom stereocenters. The molecule has 0 aliphatic carbocycles. The third-order valence-electron chi connectivity index (χ3n) is 3.27. The Hall–Kier alpha value is -1.10. The third-order valence-corrected chi connectivity index (χ3v) is 3.27. The first kappa shape index (κ1) is 16.9. The molecule has 1 unspecified atom stereocenters. The number of rotatable bonds is 7. The van der Waals surface area contributed by atoms with E-state index in [-0.39, 0.29) is 17.9 Å². The van der Waals surface area contributed by atoms with Gasteiger partial charge in [-0.25, -0.2) is 0 Å². The Labute approximate surface area is 110 Å². The van der Waals surface area contributed by atoms with Gasteiger partial charge in [0.25, 0.3) is 0 Å². The molecule has 0 bridgehead atoms. The average molecular weight is 257 g/mol. The van der Waals surface area contributed by atoms with Crippen molar-refractivity contribution in [1.29, 1.82) is 0 Å². The lowest BCUT2D eigenvalue weighted by atomic mass is 9.76. The number of hydrogen-bond donors (Lipinski definition) is 2. The van der Waals surface area contributed by atoms with Gasteiger partial charge in [0.1, 0.15) is 0 Å². The number of hydrogen-bond acceptors (Lipinski definition) is 3. The molecule has 0 radical (unpaired) electrons. The second-order valence-corrected chi connectivity index (χ2v) is 5.90. The van der Waals surface area contributed by atoms with E-state index < -0.39 is 5.91 Å². The fourth-order valence-electron chi connectivity index (χ4n) is 2.02. The third kappa shape index (κ3) is 6.59. The molecule has 0 aromatic heterocycles. The van der Waals surface area contributed by atoms with E-state index in [9.17, 15) is 9.59 Å². The van der Waals surface area contributed by atoms with Gasteiger partial charge in [0, 0.05) is 13.5 Å². The van der Waals surface area contributed by atoms with Crippen molar-refractivity contribution in [2.75, 3.05) is 20.1 Å². The highest BCUT2D eigenvalue weighted by molar-refractivity contribution is 5.83. The van der Waals surface area contributed by atoms with Crippen molar-refractivity contribution in [3.8, 4) is 0 Å². The van der Waals surface area contributed by atoms with E-state index in [4.69, 9.17) is 11.5 Å². The van der Waals surface area contributed by atoms with Crippen LogP contribution in [-0.2, 0) is 9.59 Å². The van der Waals surface area contributed by atoms with Crippen LogP contribution < -0.4 is 11.5 Å². The highest BCUT2D eigenvalue weighted by Crippen LogP contribution is 2.32. The zero-order chi connectivity index (χ0) is 14.3. The van der Waals surface area contributed by atoms with Crippen LogP contribution in [0.1, 0.15) is 40.0 Å². The molecular weight excluding hydrogens is 230 g/mol. The summed E-state index contributed by atoms with van der Waals surface area (Å²) >= 11 is 0. The Morgan fingerprint density at radius 3 is 2.17 bits per heavy atom. The van der Waals surface area contributed by atoms with Crippen LogP contribution in [0, 0.1) is 11.3 Å². The van der Waals surface area contributed by atoms with Gasteiger partial charge < -0.3 is 16.4 Å². The number of likely N-dealkylation sites (N-methyl/N-ethyl adjacent to an activating group) is 1. The van der Waals surface area contributed by atoms with Crippen LogP contribution in [-0.4, -0.2) is 36.9 Å². The zero-order valence-electron chi connectivity index (χ0n) is 12.0. The van der Waals surface area contributed by atoms with Gasteiger partial charge in [0.15, 0.2) is 0 Å². The van der Waals surface area contributed by atoms with Crippen LogP contribution in [0.15, 0.2) is 0 Å². The first-order valence-corrected chi connectivity index (χ1v) is 6.40. The number of nitrogens with two attached hydrogens (primary N) is 2. The molecule has 0 fully saturated rings. The Balaban J connectivity index is 4.27. The topological polar surface area (TPSA) is 89.4 Å². The number of amides is 2. The van der Waals surface area contributed by atoms with Crippen LogP contribution >= 0.6 is 0 Å². The van der Waals surface area contributed by atoms with Crippen LogP contribution in [0.25, 0.3) is 0 Å². The maximum Gasteiger partial charge on any atom is 0.237 e. The number of primary amides is 1. The maximum atomic E-state index is 11.8. The van der Waals surface area contributed by atoms with E-state index in [1.54, 1.807) is 7.05 Å². The molecule has 106 valence electrons. The zero-order valence-corrected chi connectivity index (χ0v) is 12.0. The molecule has 18 heavy (non-hydrogen) atoms. The summed E-state index contributed by atoms with van der Waals surface area (Å²) in [7, 11) is 1.60. The molecule has 0 aliphatic rings. The fourth-order valence-corrected chi connectivity index (χ4v) is 2.02. The molecule has 0 heterocycles. The molecule has 0 spiro atoms. The van der Waals surface area contributed by atoms with Crippen LogP contribution in [0.2, 0.25) is 0 Å². The number of nitrogens with zero attached hydrogens (tertiary/aromatic N) is 1. The van der Waals surface area contributed by atoms with E-state index in [0.717, 1.165) is 12.8 Å². The predicted molar refractivity (Wildman–Crippen MR) is 72.7 cm³/mol. The minimum atomic E-state index is -0.486. The van der Waals surface area contributed by atoms with Crippen LogP contribution in [0.5, 0.6) is 0 Å². The van der Waals surface area contributed by atoms with Crippen LogP contribution in [0.3, 0.4) is 0 Å². The summed E-state index contributed by atoms with van der Waals surface area (Å²) in [6, 6.07) is 0. The molecule has 0 saturated carbocycles. The van der Waals surface area contributed by atoms with E-state index in [1.807, 2.05) is 0 Å². The van der Waals surface area contributed by atoms with E-state index in [1.165, 1.54) is 4.90 Å². The van der Waals surface area contributed by atoms with Gasteiger partial charge in [-0.1, -0.05) is 20.8 Å². The van der Waals surface area contributed by atoms with E-state index in [0.29, 0.717) is 18.9 Å². The monoisotopic (exact) mass is 257 g/mol. The largest absolute Gasteiger partial charge is 0.368 e. The second kappa shape index (κ2) is 7.36. The number of carbonyl (C=O) groups is 2. The van der Waals surface area contributed by atoms with Crippen molar-refractivity contribution < 1.29 is 9.59 Å². The summed E-state index contributed by atoms with van der Waals surface area (Å²) in [5.41, 5.74) is 10.8. The molecule has 4 N–H and O–H groups in total. The number of carbonyl (C=O) groups excluding carboxylic acids is 2. The summed E-state index contributed by atoms with van der Waals surface area (Å²) in [6.45, 7) is 7.09. The minimum absolute atomic E-state index is 0.0179. The lowest BCUT2D eigenvalue weighted by Gasteiger charge is -2.30. The summed E-state index contributed by atoms with van der Waals surface area (Å²) in [5.74, 6) is -0.117. The highest BCUT2D eigenvalue weighted by Gasteiger charge is 2.25. The van der Waals surface area contributed by atoms with Crippen molar-refractivity contribution >= 4 is 11.8 Å². The Kier molecular flexibility index (Phi) is 6.91. The standard InChI is InChI=1S/C13H27N3O2/c1-13(2,3)10(7-8-14)5-6-12(18)16(4)9-11(15)17/h10H,5-9,14H2,1-4H3,(H2,15,17). The molecule has 0 rings (SSSR count). The van der Waals surface area contributed by atoms with E-state index in [2.05, 4.69) is 20.8 Å². The summed E-state index contributed by atoms with van der Waals surface area (Å²) in [5, 5.41) is 0. The Morgan fingerprint density at radius 2 is 1.78 bits per heavy atom. The summed E-state index contributed by atoms with van der Waals surface area (Å²) in [6.07, 6.45) is 2.14. The minimum Gasteiger partial charge on any atom is -0.368 e. The molecule has 5 nitrogen and oxygen atoms in total. The average Bonchev–Trinajstić information content (AvgIpc) is 2.20. The molecule has 2 amide bonds. The van der Waals surface area contributed by atoms with Gasteiger partial charge in [-0.15, -0.1) is 0 Å². The molecule has 0 aromatic carbocycles. The smallest absolute Gasteiger partial charge is 0.237 e. The first-order chi connectivity index (χ1) is 8.18. The highest BCUT2D eigenvalue weighted by atomic mass is 16.2. The van der Waals surface area contributed by atoms with Gasteiger partial charge in [-0.2, -0.15) is 0 Å². The van der Waals surface area contributed by atoms with Crippen molar-refractivity contribution in [2.45, 2.75) is 40.0 Å². The van der Waals surface area contributed by atoms with Gasteiger partial charge in [-0.05, 0) is 30.7 Å². The molecule has 0 aromatic rings. The summed E-state index contributed by atoms with van der Waals surface area (Å²) in [4.78, 5) is 23.9. The van der Waals surface area contributed by atoms with Crippen LogP contribution in [0.4, 0.5) is 0 Å². The molecular formula is C13H27N3O2. The normalized spacial score (nSPS) is 13.2. The first-order valence-electron chi connectivity index (χ1n) is 6.40. The molecule has 0 aliphatic heterocycles. The van der Waals surface area contributed by atoms with Gasteiger partial charge in [0.05, 0.1) is 6.54 Å². The summed E-state index contributed by atoms with van der Waals surface area (Å²) < 4.78 is 0. The second-order valence-electron chi connectivity index (χ2n) is 5.90. The maximum absolute atomic E-state index is 11.8. The predicted octanol–water partition coefficient (Wildman–Crippen LogP) is 0.721. The van der Waals surface area contributed by atoms with Gasteiger partial charge >= 0.3 is 0 Å².